The minimum Gasteiger partial charge on any atom is -0.324 e. The van der Waals surface area contributed by atoms with Gasteiger partial charge in [0.25, 0.3) is 0 Å². The maximum Gasteiger partial charge on any atom is 0.0438 e. The second-order valence-corrected chi connectivity index (χ2v) is 5.04. The molecule has 2 N–H and O–H groups in total. The molecule has 1 atom stereocenters. The lowest BCUT2D eigenvalue weighted by atomic mass is 10.0. The molecule has 1 aromatic rings. The molecule has 82 valence electrons. The predicted octanol–water partition coefficient (Wildman–Crippen LogP) is 3.84. The van der Waals surface area contributed by atoms with Gasteiger partial charge in [0.05, 0.1) is 0 Å². The Morgan fingerprint density at radius 1 is 1.47 bits per heavy atom. The quantitative estimate of drug-likeness (QED) is 0.825. The lowest BCUT2D eigenvalue weighted by molar-refractivity contribution is 0.575. The Bertz CT molecular complexity index is 344. The van der Waals surface area contributed by atoms with Crippen LogP contribution in [0.4, 0.5) is 0 Å². The molecule has 1 fully saturated rings. The van der Waals surface area contributed by atoms with Gasteiger partial charge in [0, 0.05) is 11.1 Å². The van der Waals surface area contributed by atoms with Crippen molar-refractivity contribution in [1.29, 1.82) is 0 Å². The van der Waals surface area contributed by atoms with Gasteiger partial charge in [-0.05, 0) is 42.9 Å². The van der Waals surface area contributed by atoms with Crippen molar-refractivity contribution in [2.45, 2.75) is 38.6 Å². The van der Waals surface area contributed by atoms with Crippen molar-refractivity contribution >= 4 is 11.6 Å². The summed E-state index contributed by atoms with van der Waals surface area (Å²) in [5.74, 6) is 0.956. The third-order valence-electron chi connectivity index (χ3n) is 3.21. The zero-order valence-corrected chi connectivity index (χ0v) is 9.93. The van der Waals surface area contributed by atoms with E-state index in [2.05, 4.69) is 12.1 Å². The van der Waals surface area contributed by atoms with E-state index in [1.165, 1.54) is 24.8 Å². The van der Waals surface area contributed by atoms with Crippen LogP contribution in [0.3, 0.4) is 0 Å². The fourth-order valence-electron chi connectivity index (χ4n) is 1.83. The third-order valence-corrected chi connectivity index (χ3v) is 3.61. The fourth-order valence-corrected chi connectivity index (χ4v) is 2.02. The standard InChI is InChI=1S/C13H18ClN/c1-9-2-6-11(8-12(9)14)13(15)7-5-10-3-4-10/h2,6,8,10,13H,3-5,7,15H2,1H3. The van der Waals surface area contributed by atoms with Gasteiger partial charge in [-0.25, -0.2) is 0 Å². The van der Waals surface area contributed by atoms with Gasteiger partial charge in [-0.1, -0.05) is 36.6 Å². The smallest absolute Gasteiger partial charge is 0.0438 e. The van der Waals surface area contributed by atoms with Crippen molar-refractivity contribution in [3.63, 3.8) is 0 Å². The van der Waals surface area contributed by atoms with E-state index in [-0.39, 0.29) is 6.04 Å². The molecule has 0 spiro atoms. The highest BCUT2D eigenvalue weighted by molar-refractivity contribution is 6.31. The van der Waals surface area contributed by atoms with Crippen molar-refractivity contribution in [3.05, 3.63) is 34.3 Å². The van der Waals surface area contributed by atoms with Crippen LogP contribution in [0.15, 0.2) is 18.2 Å². The van der Waals surface area contributed by atoms with Gasteiger partial charge in [-0.15, -0.1) is 0 Å². The first-order chi connectivity index (χ1) is 7.16. The summed E-state index contributed by atoms with van der Waals surface area (Å²) in [6.07, 6.45) is 5.17. The molecule has 1 unspecified atom stereocenters. The molecule has 0 heterocycles. The summed E-state index contributed by atoms with van der Waals surface area (Å²) >= 11 is 6.08. The Labute approximate surface area is 96.6 Å². The number of benzene rings is 1. The SMILES string of the molecule is Cc1ccc(C(N)CCC2CC2)cc1Cl. The van der Waals surface area contributed by atoms with Crippen LogP contribution < -0.4 is 5.73 Å². The molecule has 15 heavy (non-hydrogen) atoms. The van der Waals surface area contributed by atoms with Gasteiger partial charge in [0.15, 0.2) is 0 Å². The monoisotopic (exact) mass is 223 g/mol. The molecular formula is C13H18ClN. The van der Waals surface area contributed by atoms with Gasteiger partial charge in [-0.2, -0.15) is 0 Å². The van der Waals surface area contributed by atoms with Crippen molar-refractivity contribution < 1.29 is 0 Å². The van der Waals surface area contributed by atoms with Crippen LogP contribution in [0.1, 0.15) is 42.9 Å². The van der Waals surface area contributed by atoms with Crippen LogP contribution >= 0.6 is 11.6 Å². The zero-order valence-electron chi connectivity index (χ0n) is 9.17. The maximum absolute atomic E-state index is 6.13. The number of rotatable bonds is 4. The topological polar surface area (TPSA) is 26.0 Å². The third kappa shape index (κ3) is 2.96. The molecule has 0 saturated heterocycles. The highest BCUT2D eigenvalue weighted by Crippen LogP contribution is 2.35. The summed E-state index contributed by atoms with van der Waals surface area (Å²) in [6, 6.07) is 6.31. The number of aryl methyl sites for hydroxylation is 1. The van der Waals surface area contributed by atoms with Gasteiger partial charge < -0.3 is 5.73 Å². The largest absolute Gasteiger partial charge is 0.324 e. The Morgan fingerprint density at radius 3 is 2.80 bits per heavy atom. The normalized spacial score (nSPS) is 17.8. The van der Waals surface area contributed by atoms with Crippen molar-refractivity contribution in [3.8, 4) is 0 Å². The molecule has 0 aromatic heterocycles. The molecule has 0 amide bonds. The van der Waals surface area contributed by atoms with Gasteiger partial charge in [0.1, 0.15) is 0 Å². The maximum atomic E-state index is 6.13. The van der Waals surface area contributed by atoms with Crippen LogP contribution in [-0.2, 0) is 0 Å². The van der Waals surface area contributed by atoms with E-state index in [1.54, 1.807) is 0 Å². The zero-order chi connectivity index (χ0) is 10.8. The molecule has 1 aliphatic carbocycles. The Hall–Kier alpha value is -0.530. The van der Waals surface area contributed by atoms with E-state index in [0.29, 0.717) is 0 Å². The van der Waals surface area contributed by atoms with Crippen LogP contribution in [0.2, 0.25) is 5.02 Å². The van der Waals surface area contributed by atoms with Gasteiger partial charge in [-0.3, -0.25) is 0 Å². The highest BCUT2D eigenvalue weighted by Gasteiger charge is 2.21. The molecule has 0 radical (unpaired) electrons. The first-order valence-electron chi connectivity index (χ1n) is 5.68. The number of nitrogens with two attached hydrogens (primary N) is 1. The number of hydrogen-bond acceptors (Lipinski definition) is 1. The minimum atomic E-state index is 0.156. The first-order valence-corrected chi connectivity index (χ1v) is 6.06. The molecule has 1 saturated carbocycles. The second-order valence-electron chi connectivity index (χ2n) is 4.64. The summed E-state index contributed by atoms with van der Waals surface area (Å²) < 4.78 is 0. The molecule has 2 rings (SSSR count). The summed E-state index contributed by atoms with van der Waals surface area (Å²) in [7, 11) is 0. The van der Waals surface area contributed by atoms with Crippen molar-refractivity contribution in [2.24, 2.45) is 11.7 Å². The fraction of sp³-hybridized carbons (Fsp3) is 0.538. The average Bonchev–Trinajstić information content (AvgIpc) is 3.02. The first kappa shape index (κ1) is 11.0. The number of halogens is 1. The summed E-state index contributed by atoms with van der Waals surface area (Å²) in [4.78, 5) is 0. The van der Waals surface area contributed by atoms with Crippen LogP contribution in [0.5, 0.6) is 0 Å². The van der Waals surface area contributed by atoms with Gasteiger partial charge >= 0.3 is 0 Å². The summed E-state index contributed by atoms with van der Waals surface area (Å²) in [5.41, 5.74) is 8.42. The Kier molecular flexibility index (Phi) is 3.32. The molecule has 1 aromatic carbocycles. The van der Waals surface area contributed by atoms with Gasteiger partial charge in [0.2, 0.25) is 0 Å². The molecule has 1 nitrogen and oxygen atoms in total. The molecule has 1 aliphatic rings. The molecule has 0 bridgehead atoms. The van der Waals surface area contributed by atoms with Crippen LogP contribution in [-0.4, -0.2) is 0 Å². The lowest BCUT2D eigenvalue weighted by Gasteiger charge is -2.12. The summed E-state index contributed by atoms with van der Waals surface area (Å²) in [5, 5.41) is 0.828. The van der Waals surface area contributed by atoms with E-state index in [1.807, 2.05) is 13.0 Å². The molecular weight excluding hydrogens is 206 g/mol. The molecule has 2 heteroatoms. The Balaban J connectivity index is 1.97. The predicted molar refractivity (Wildman–Crippen MR) is 65.1 cm³/mol. The van der Waals surface area contributed by atoms with E-state index in [0.717, 1.165) is 22.9 Å². The molecule has 0 aliphatic heterocycles. The second kappa shape index (κ2) is 4.54. The van der Waals surface area contributed by atoms with E-state index in [4.69, 9.17) is 17.3 Å². The van der Waals surface area contributed by atoms with Crippen LogP contribution in [0.25, 0.3) is 0 Å². The highest BCUT2D eigenvalue weighted by atomic mass is 35.5. The lowest BCUT2D eigenvalue weighted by Crippen LogP contribution is -2.10. The minimum absolute atomic E-state index is 0.156. The Morgan fingerprint density at radius 2 is 2.20 bits per heavy atom. The van der Waals surface area contributed by atoms with E-state index >= 15 is 0 Å². The average molecular weight is 224 g/mol. The van der Waals surface area contributed by atoms with Crippen molar-refractivity contribution in [1.82, 2.24) is 0 Å². The van der Waals surface area contributed by atoms with E-state index in [9.17, 15) is 0 Å². The summed E-state index contributed by atoms with van der Waals surface area (Å²) in [6.45, 7) is 2.02. The number of hydrogen-bond donors (Lipinski definition) is 1. The van der Waals surface area contributed by atoms with Crippen LogP contribution in [0, 0.1) is 12.8 Å². The van der Waals surface area contributed by atoms with Crippen molar-refractivity contribution in [2.75, 3.05) is 0 Å². The van der Waals surface area contributed by atoms with E-state index < -0.39 is 0 Å².